The summed E-state index contributed by atoms with van der Waals surface area (Å²) in [4.78, 5) is 0. The second-order valence-corrected chi connectivity index (χ2v) is 3.10. The summed E-state index contributed by atoms with van der Waals surface area (Å²) in [5, 5.41) is 3.32. The van der Waals surface area contributed by atoms with Gasteiger partial charge in [0.1, 0.15) is 0 Å². The Morgan fingerprint density at radius 1 is 1.36 bits per heavy atom. The van der Waals surface area contributed by atoms with Gasteiger partial charge in [-0.05, 0) is 19.4 Å². The molecule has 0 aromatic heterocycles. The van der Waals surface area contributed by atoms with Crippen LogP contribution in [0.2, 0.25) is 0 Å². The minimum Gasteiger partial charge on any atom is -0.354 e. The zero-order valence-corrected chi connectivity index (χ0v) is 9.38. The third kappa shape index (κ3) is 5.23. The van der Waals surface area contributed by atoms with E-state index in [2.05, 4.69) is 18.2 Å². The van der Waals surface area contributed by atoms with Crippen molar-refractivity contribution in [3.8, 4) is 12.3 Å². The summed E-state index contributed by atoms with van der Waals surface area (Å²) in [6.45, 7) is 2.97. The van der Waals surface area contributed by atoms with E-state index in [1.165, 1.54) is 0 Å². The van der Waals surface area contributed by atoms with Crippen molar-refractivity contribution >= 4 is 0 Å². The molecule has 1 unspecified atom stereocenters. The molecule has 3 heteroatoms. The number of methoxy groups -OCH3 is 2. The molecule has 0 aliphatic heterocycles. The molecule has 0 radical (unpaired) electrons. The van der Waals surface area contributed by atoms with Crippen molar-refractivity contribution in [1.82, 2.24) is 5.32 Å². The largest absolute Gasteiger partial charge is 0.354 e. The Labute approximate surface area is 87.2 Å². The summed E-state index contributed by atoms with van der Waals surface area (Å²) in [7, 11) is 3.30. The van der Waals surface area contributed by atoms with Crippen molar-refractivity contribution in [3.05, 3.63) is 0 Å². The highest BCUT2D eigenvalue weighted by atomic mass is 16.7. The number of ether oxygens (including phenoxy) is 2. The van der Waals surface area contributed by atoms with Crippen LogP contribution < -0.4 is 5.32 Å². The predicted octanol–water partition coefficient (Wildman–Crippen LogP) is 1.39. The molecule has 14 heavy (non-hydrogen) atoms. The van der Waals surface area contributed by atoms with Crippen LogP contribution in [0, 0.1) is 12.3 Å². The number of hydrogen-bond acceptors (Lipinski definition) is 3. The van der Waals surface area contributed by atoms with E-state index in [-0.39, 0.29) is 12.3 Å². The molecule has 1 atom stereocenters. The van der Waals surface area contributed by atoms with Crippen LogP contribution >= 0.6 is 0 Å². The molecule has 0 bridgehead atoms. The van der Waals surface area contributed by atoms with Crippen molar-refractivity contribution in [2.24, 2.45) is 0 Å². The minimum absolute atomic E-state index is 0.187. The zero-order chi connectivity index (χ0) is 10.8. The molecule has 1 N–H and O–H groups in total. The van der Waals surface area contributed by atoms with Crippen LogP contribution in [-0.4, -0.2) is 33.1 Å². The second kappa shape index (κ2) is 9.01. The highest BCUT2D eigenvalue weighted by molar-refractivity contribution is 4.84. The molecule has 0 aliphatic rings. The predicted molar refractivity (Wildman–Crippen MR) is 58.0 cm³/mol. The van der Waals surface area contributed by atoms with Crippen LogP contribution in [0.5, 0.6) is 0 Å². The molecule has 0 saturated carbocycles. The first kappa shape index (κ1) is 13.4. The van der Waals surface area contributed by atoms with E-state index < -0.39 is 0 Å². The molecule has 0 spiro atoms. The number of terminal acetylenes is 1. The van der Waals surface area contributed by atoms with E-state index in [9.17, 15) is 0 Å². The minimum atomic E-state index is -0.187. The van der Waals surface area contributed by atoms with Gasteiger partial charge < -0.3 is 14.8 Å². The fourth-order valence-electron chi connectivity index (χ4n) is 1.45. The lowest BCUT2D eigenvalue weighted by Gasteiger charge is -2.25. The molecular weight excluding hydrogens is 178 g/mol. The van der Waals surface area contributed by atoms with Crippen molar-refractivity contribution in [2.75, 3.05) is 20.8 Å². The lowest BCUT2D eigenvalue weighted by atomic mass is 10.1. The summed E-state index contributed by atoms with van der Waals surface area (Å²) in [6.07, 6.45) is 7.79. The fraction of sp³-hybridized carbons (Fsp3) is 0.818. The highest BCUT2D eigenvalue weighted by Crippen LogP contribution is 2.08. The van der Waals surface area contributed by atoms with Crippen LogP contribution in [0.15, 0.2) is 0 Å². The van der Waals surface area contributed by atoms with Gasteiger partial charge in [0.2, 0.25) is 0 Å². The molecule has 0 rings (SSSR count). The Morgan fingerprint density at radius 2 is 2.00 bits per heavy atom. The number of nitrogens with one attached hydrogen (secondary N) is 1. The van der Waals surface area contributed by atoms with Crippen LogP contribution in [0.4, 0.5) is 0 Å². The quantitative estimate of drug-likeness (QED) is 0.364. The second-order valence-electron chi connectivity index (χ2n) is 3.10. The maximum absolute atomic E-state index is 5.21. The Bertz CT molecular complexity index is 161. The first-order chi connectivity index (χ1) is 6.79. The van der Waals surface area contributed by atoms with Gasteiger partial charge in [0.25, 0.3) is 0 Å². The van der Waals surface area contributed by atoms with Gasteiger partial charge in [-0.25, -0.2) is 0 Å². The molecule has 0 aromatic rings. The van der Waals surface area contributed by atoms with Crippen molar-refractivity contribution in [3.63, 3.8) is 0 Å². The molecule has 3 nitrogen and oxygen atoms in total. The standard InChI is InChI=1S/C11H21NO2/c1-5-7-8-9-10(12-6-2)11(13-3)14-4/h1,10-12H,6-9H2,2-4H3. The van der Waals surface area contributed by atoms with Crippen LogP contribution in [0.1, 0.15) is 26.2 Å². The summed E-state index contributed by atoms with van der Waals surface area (Å²) in [5.74, 6) is 2.63. The van der Waals surface area contributed by atoms with Gasteiger partial charge in [0.15, 0.2) is 6.29 Å². The maximum Gasteiger partial charge on any atom is 0.171 e. The summed E-state index contributed by atoms with van der Waals surface area (Å²) in [6, 6.07) is 0.225. The van der Waals surface area contributed by atoms with Crippen molar-refractivity contribution < 1.29 is 9.47 Å². The van der Waals surface area contributed by atoms with E-state index in [1.54, 1.807) is 14.2 Å². The van der Waals surface area contributed by atoms with Crippen molar-refractivity contribution in [1.29, 1.82) is 0 Å². The average Bonchev–Trinajstić information content (AvgIpc) is 2.20. The molecule has 0 amide bonds. The van der Waals surface area contributed by atoms with Crippen LogP contribution in [-0.2, 0) is 9.47 Å². The smallest absolute Gasteiger partial charge is 0.171 e. The van der Waals surface area contributed by atoms with Gasteiger partial charge >= 0.3 is 0 Å². The average molecular weight is 199 g/mol. The van der Waals surface area contributed by atoms with Gasteiger partial charge in [-0.1, -0.05) is 6.92 Å². The van der Waals surface area contributed by atoms with Gasteiger partial charge in [0, 0.05) is 20.6 Å². The van der Waals surface area contributed by atoms with E-state index in [4.69, 9.17) is 15.9 Å². The van der Waals surface area contributed by atoms with Gasteiger partial charge in [0.05, 0.1) is 6.04 Å². The van der Waals surface area contributed by atoms with Gasteiger partial charge in [-0.2, -0.15) is 0 Å². The Hall–Kier alpha value is -0.560. The van der Waals surface area contributed by atoms with E-state index in [0.29, 0.717) is 0 Å². The van der Waals surface area contributed by atoms with Crippen LogP contribution in [0.3, 0.4) is 0 Å². The van der Waals surface area contributed by atoms with Crippen LogP contribution in [0.25, 0.3) is 0 Å². The number of likely N-dealkylation sites (N-methyl/N-ethyl adjacent to an activating group) is 1. The molecule has 0 fully saturated rings. The first-order valence-electron chi connectivity index (χ1n) is 5.02. The summed E-state index contributed by atoms with van der Waals surface area (Å²) < 4.78 is 10.4. The summed E-state index contributed by atoms with van der Waals surface area (Å²) >= 11 is 0. The van der Waals surface area contributed by atoms with E-state index in [1.807, 2.05) is 0 Å². The fourth-order valence-corrected chi connectivity index (χ4v) is 1.45. The molecule has 82 valence electrons. The SMILES string of the molecule is C#CCCCC(NCC)C(OC)OC. The Balaban J connectivity index is 3.92. The van der Waals surface area contributed by atoms with E-state index >= 15 is 0 Å². The third-order valence-corrected chi connectivity index (χ3v) is 2.10. The molecular formula is C11H21NO2. The molecule has 0 heterocycles. The topological polar surface area (TPSA) is 30.5 Å². The molecule has 0 saturated heterocycles. The number of hydrogen-bond donors (Lipinski definition) is 1. The highest BCUT2D eigenvalue weighted by Gasteiger charge is 2.18. The van der Waals surface area contributed by atoms with Gasteiger partial charge in [-0.15, -0.1) is 12.3 Å². The molecule has 0 aromatic carbocycles. The monoisotopic (exact) mass is 199 g/mol. The normalized spacial score (nSPS) is 12.8. The lowest BCUT2D eigenvalue weighted by molar-refractivity contribution is -0.124. The number of rotatable bonds is 8. The maximum atomic E-state index is 5.21. The molecule has 0 aliphatic carbocycles. The van der Waals surface area contributed by atoms with E-state index in [0.717, 1.165) is 25.8 Å². The summed E-state index contributed by atoms with van der Waals surface area (Å²) in [5.41, 5.74) is 0. The third-order valence-electron chi connectivity index (χ3n) is 2.10. The van der Waals surface area contributed by atoms with Crippen molar-refractivity contribution in [2.45, 2.75) is 38.5 Å². The number of unbranched alkanes of at least 4 members (excludes halogenated alkanes) is 1. The first-order valence-corrected chi connectivity index (χ1v) is 5.02. The Kier molecular flexibility index (Phi) is 8.65. The van der Waals surface area contributed by atoms with Gasteiger partial charge in [-0.3, -0.25) is 0 Å². The zero-order valence-electron chi connectivity index (χ0n) is 9.38. The lowest BCUT2D eigenvalue weighted by Crippen LogP contribution is -2.41. The Morgan fingerprint density at radius 3 is 2.43 bits per heavy atom.